The molecule has 3 rings (SSSR count). The number of amides is 5. The summed E-state index contributed by atoms with van der Waals surface area (Å²) in [6.45, 7) is 1.99. The zero-order valence-corrected chi connectivity index (χ0v) is 15.9. The van der Waals surface area contributed by atoms with Crippen LogP contribution in [0.5, 0.6) is 0 Å². The van der Waals surface area contributed by atoms with Crippen molar-refractivity contribution in [3.8, 4) is 0 Å². The van der Waals surface area contributed by atoms with Crippen molar-refractivity contribution >= 4 is 35.2 Å². The Labute approximate surface area is 166 Å². The molecule has 2 aliphatic rings. The number of imide groups is 1. The third-order valence-electron chi connectivity index (χ3n) is 4.66. The maximum Gasteiger partial charge on any atom is 0.255 e. The predicted octanol–water partition coefficient (Wildman–Crippen LogP) is -0.461. The van der Waals surface area contributed by atoms with Gasteiger partial charge in [0.1, 0.15) is 12.6 Å². The molecular formula is C19H22N4O6. The standard InChI is InChI=1S/C19H22N4O6/c1-11(24)20-6-7-29-10-17(26)21-13-2-3-14-12(8-13)9-23(19(14)28)15-4-5-16(25)22-18(15)27/h2-3,8,15H,4-7,9-10H2,1H3,(H,20,24)(H,21,26)(H,22,25,27). The third kappa shape index (κ3) is 4.96. The second kappa shape index (κ2) is 8.82. The average Bonchev–Trinajstić information content (AvgIpc) is 2.97. The van der Waals surface area contributed by atoms with Crippen molar-refractivity contribution in [3.05, 3.63) is 29.3 Å². The first-order valence-electron chi connectivity index (χ1n) is 9.25. The molecule has 154 valence electrons. The van der Waals surface area contributed by atoms with Crippen molar-refractivity contribution < 1.29 is 28.7 Å². The molecule has 0 bridgehead atoms. The number of benzene rings is 1. The number of hydrogen-bond acceptors (Lipinski definition) is 6. The molecule has 1 atom stereocenters. The van der Waals surface area contributed by atoms with E-state index < -0.39 is 11.9 Å². The minimum atomic E-state index is -0.678. The van der Waals surface area contributed by atoms with Gasteiger partial charge in [0, 0.05) is 37.7 Å². The van der Waals surface area contributed by atoms with E-state index in [0.29, 0.717) is 29.8 Å². The van der Waals surface area contributed by atoms with Gasteiger partial charge in [-0.3, -0.25) is 29.3 Å². The molecule has 2 heterocycles. The lowest BCUT2D eigenvalue weighted by molar-refractivity contribution is -0.137. The van der Waals surface area contributed by atoms with Gasteiger partial charge in [-0.2, -0.15) is 0 Å². The van der Waals surface area contributed by atoms with E-state index in [9.17, 15) is 24.0 Å². The molecule has 5 amide bonds. The van der Waals surface area contributed by atoms with Gasteiger partial charge in [0.2, 0.25) is 23.6 Å². The van der Waals surface area contributed by atoms with Gasteiger partial charge < -0.3 is 20.3 Å². The number of fused-ring (bicyclic) bond motifs is 1. The summed E-state index contributed by atoms with van der Waals surface area (Å²) in [5.41, 5.74) is 1.68. The van der Waals surface area contributed by atoms with Crippen molar-refractivity contribution in [3.63, 3.8) is 0 Å². The Kier molecular flexibility index (Phi) is 6.23. The average molecular weight is 402 g/mol. The monoisotopic (exact) mass is 402 g/mol. The van der Waals surface area contributed by atoms with Gasteiger partial charge in [-0.25, -0.2) is 0 Å². The van der Waals surface area contributed by atoms with E-state index in [1.165, 1.54) is 11.8 Å². The SMILES string of the molecule is CC(=O)NCCOCC(=O)Nc1ccc2c(c1)CN(C1CCC(=O)NC1=O)C2=O. The normalized spacial score (nSPS) is 18.3. The van der Waals surface area contributed by atoms with Gasteiger partial charge in [0.05, 0.1) is 6.61 Å². The summed E-state index contributed by atoms with van der Waals surface area (Å²) in [5.74, 6) is -1.60. The highest BCUT2D eigenvalue weighted by Crippen LogP contribution is 2.29. The fraction of sp³-hybridized carbons (Fsp3) is 0.421. The van der Waals surface area contributed by atoms with Crippen LogP contribution in [0.2, 0.25) is 0 Å². The molecule has 1 aromatic rings. The topological polar surface area (TPSA) is 134 Å². The maximum absolute atomic E-state index is 12.6. The third-order valence-corrected chi connectivity index (χ3v) is 4.66. The number of nitrogens with zero attached hydrogens (tertiary/aromatic N) is 1. The van der Waals surface area contributed by atoms with Crippen LogP contribution in [0.3, 0.4) is 0 Å². The molecule has 10 nitrogen and oxygen atoms in total. The minimum Gasteiger partial charge on any atom is -0.370 e. The number of carbonyl (C=O) groups is 5. The second-order valence-corrected chi connectivity index (χ2v) is 6.86. The van der Waals surface area contributed by atoms with E-state index in [4.69, 9.17) is 4.74 Å². The Balaban J connectivity index is 1.55. The molecular weight excluding hydrogens is 380 g/mol. The fourth-order valence-corrected chi connectivity index (χ4v) is 3.31. The molecule has 0 aliphatic carbocycles. The quantitative estimate of drug-likeness (QED) is 0.417. The van der Waals surface area contributed by atoms with E-state index in [0.717, 1.165) is 0 Å². The fourth-order valence-electron chi connectivity index (χ4n) is 3.31. The molecule has 0 saturated carbocycles. The highest BCUT2D eigenvalue weighted by molar-refractivity contribution is 6.05. The lowest BCUT2D eigenvalue weighted by atomic mass is 10.0. The van der Waals surface area contributed by atoms with Crippen molar-refractivity contribution in [1.82, 2.24) is 15.5 Å². The molecule has 1 fully saturated rings. The Morgan fingerprint density at radius 2 is 2.07 bits per heavy atom. The molecule has 3 N–H and O–H groups in total. The van der Waals surface area contributed by atoms with Crippen molar-refractivity contribution in [2.24, 2.45) is 0 Å². The summed E-state index contributed by atoms with van der Waals surface area (Å²) in [4.78, 5) is 60.2. The van der Waals surface area contributed by atoms with Crippen molar-refractivity contribution in [2.75, 3.05) is 25.1 Å². The maximum atomic E-state index is 12.6. The van der Waals surface area contributed by atoms with Crippen molar-refractivity contribution in [2.45, 2.75) is 32.4 Å². The number of piperidine rings is 1. The van der Waals surface area contributed by atoms with E-state index >= 15 is 0 Å². The highest BCUT2D eigenvalue weighted by Gasteiger charge is 2.39. The number of rotatable bonds is 7. The number of hydrogen-bond donors (Lipinski definition) is 3. The molecule has 1 aromatic carbocycles. The van der Waals surface area contributed by atoms with Crippen LogP contribution in [0, 0.1) is 0 Å². The summed E-state index contributed by atoms with van der Waals surface area (Å²) in [6.07, 6.45) is 0.490. The van der Waals surface area contributed by atoms with Gasteiger partial charge in [0.25, 0.3) is 5.91 Å². The summed E-state index contributed by atoms with van der Waals surface area (Å²) in [7, 11) is 0. The van der Waals surface area contributed by atoms with Gasteiger partial charge in [-0.05, 0) is 30.2 Å². The molecule has 10 heteroatoms. The molecule has 0 aromatic heterocycles. The van der Waals surface area contributed by atoms with Crippen LogP contribution in [-0.4, -0.2) is 60.2 Å². The molecule has 2 aliphatic heterocycles. The van der Waals surface area contributed by atoms with Crippen LogP contribution < -0.4 is 16.0 Å². The zero-order chi connectivity index (χ0) is 21.0. The number of anilines is 1. The molecule has 1 unspecified atom stereocenters. The Bertz CT molecular complexity index is 868. The summed E-state index contributed by atoms with van der Waals surface area (Å²) < 4.78 is 5.18. The van der Waals surface area contributed by atoms with E-state index in [-0.39, 0.29) is 49.8 Å². The van der Waals surface area contributed by atoms with Crippen LogP contribution in [0.15, 0.2) is 18.2 Å². The number of nitrogens with one attached hydrogen (secondary N) is 3. The van der Waals surface area contributed by atoms with Crippen molar-refractivity contribution in [1.29, 1.82) is 0 Å². The van der Waals surface area contributed by atoms with Crippen LogP contribution in [0.1, 0.15) is 35.7 Å². The summed E-state index contributed by atoms with van der Waals surface area (Å²) in [6, 6.07) is 4.23. The van der Waals surface area contributed by atoms with Crippen LogP contribution in [0.4, 0.5) is 5.69 Å². The predicted molar refractivity (Wildman–Crippen MR) is 101 cm³/mol. The van der Waals surface area contributed by atoms with Crippen LogP contribution >= 0.6 is 0 Å². The van der Waals surface area contributed by atoms with E-state index in [1.54, 1.807) is 18.2 Å². The Hall–Kier alpha value is -3.27. The molecule has 1 saturated heterocycles. The van der Waals surface area contributed by atoms with Gasteiger partial charge in [0.15, 0.2) is 0 Å². The smallest absolute Gasteiger partial charge is 0.255 e. The lowest BCUT2D eigenvalue weighted by Crippen LogP contribution is -2.52. The minimum absolute atomic E-state index is 0.169. The number of ether oxygens (including phenoxy) is 1. The first-order chi connectivity index (χ1) is 13.8. The summed E-state index contributed by atoms with van der Waals surface area (Å²) in [5, 5.41) is 7.51. The Morgan fingerprint density at radius 1 is 1.28 bits per heavy atom. The van der Waals surface area contributed by atoms with Gasteiger partial charge in [-0.15, -0.1) is 0 Å². The first kappa shape index (κ1) is 20.5. The second-order valence-electron chi connectivity index (χ2n) is 6.86. The van der Waals surface area contributed by atoms with Crippen LogP contribution in [0.25, 0.3) is 0 Å². The lowest BCUT2D eigenvalue weighted by Gasteiger charge is -2.29. The molecule has 0 radical (unpaired) electrons. The Morgan fingerprint density at radius 3 is 2.79 bits per heavy atom. The summed E-state index contributed by atoms with van der Waals surface area (Å²) >= 11 is 0. The number of carbonyl (C=O) groups excluding carboxylic acids is 5. The zero-order valence-electron chi connectivity index (χ0n) is 15.9. The van der Waals surface area contributed by atoms with Crippen LogP contribution in [-0.2, 0) is 30.5 Å². The molecule has 29 heavy (non-hydrogen) atoms. The van der Waals surface area contributed by atoms with E-state index in [2.05, 4.69) is 16.0 Å². The van der Waals surface area contributed by atoms with Gasteiger partial charge >= 0.3 is 0 Å². The van der Waals surface area contributed by atoms with E-state index in [1.807, 2.05) is 0 Å². The molecule has 0 spiro atoms. The first-order valence-corrected chi connectivity index (χ1v) is 9.25. The van der Waals surface area contributed by atoms with Gasteiger partial charge in [-0.1, -0.05) is 0 Å². The highest BCUT2D eigenvalue weighted by atomic mass is 16.5. The largest absolute Gasteiger partial charge is 0.370 e.